The van der Waals surface area contributed by atoms with Crippen molar-refractivity contribution in [1.29, 1.82) is 0 Å². The molecule has 0 aromatic heterocycles. The summed E-state index contributed by atoms with van der Waals surface area (Å²) >= 11 is 3.55. The summed E-state index contributed by atoms with van der Waals surface area (Å²) in [5.41, 5.74) is 9.00. The molecule has 2 fully saturated rings. The van der Waals surface area contributed by atoms with E-state index in [9.17, 15) is 0 Å². The number of halogens is 1. The SMILES string of the molecule is Cc1cc(Br)ccc1N1CCC2(CC1)CN(CCN)C2. The van der Waals surface area contributed by atoms with Crippen LogP contribution < -0.4 is 10.6 Å². The van der Waals surface area contributed by atoms with Crippen molar-refractivity contribution in [3.8, 4) is 0 Å². The molecule has 0 atom stereocenters. The molecule has 0 bridgehead atoms. The van der Waals surface area contributed by atoms with Gasteiger partial charge in [0.25, 0.3) is 0 Å². The Bertz CT molecular complexity index is 473. The van der Waals surface area contributed by atoms with Crippen LogP contribution in [0, 0.1) is 12.3 Å². The number of nitrogens with two attached hydrogens (primary N) is 1. The van der Waals surface area contributed by atoms with Crippen LogP contribution in [0.15, 0.2) is 22.7 Å². The van der Waals surface area contributed by atoms with E-state index in [1.54, 1.807) is 0 Å². The molecule has 2 aliphatic heterocycles. The summed E-state index contributed by atoms with van der Waals surface area (Å²) in [6.07, 6.45) is 2.65. The lowest BCUT2D eigenvalue weighted by molar-refractivity contribution is -0.0158. The molecule has 2 aliphatic rings. The van der Waals surface area contributed by atoms with Gasteiger partial charge in [-0.2, -0.15) is 0 Å². The van der Waals surface area contributed by atoms with Crippen molar-refractivity contribution >= 4 is 21.6 Å². The fourth-order valence-corrected chi connectivity index (χ4v) is 4.23. The molecule has 4 heteroatoms. The van der Waals surface area contributed by atoms with Crippen molar-refractivity contribution in [3.05, 3.63) is 28.2 Å². The number of hydrogen-bond acceptors (Lipinski definition) is 3. The van der Waals surface area contributed by atoms with Gasteiger partial charge in [0.05, 0.1) is 0 Å². The van der Waals surface area contributed by atoms with Crippen LogP contribution in [0.3, 0.4) is 0 Å². The second kappa shape index (κ2) is 5.66. The topological polar surface area (TPSA) is 32.5 Å². The molecule has 0 unspecified atom stereocenters. The van der Waals surface area contributed by atoms with Crippen molar-refractivity contribution in [3.63, 3.8) is 0 Å². The van der Waals surface area contributed by atoms with Crippen molar-refractivity contribution in [2.45, 2.75) is 19.8 Å². The average Bonchev–Trinajstić information content (AvgIpc) is 2.38. The zero-order valence-electron chi connectivity index (χ0n) is 12.2. The minimum Gasteiger partial charge on any atom is -0.371 e. The fraction of sp³-hybridized carbons (Fsp3) is 0.625. The summed E-state index contributed by atoms with van der Waals surface area (Å²) in [4.78, 5) is 5.05. The molecule has 0 amide bonds. The lowest BCUT2D eigenvalue weighted by Crippen LogP contribution is -2.61. The first kappa shape index (κ1) is 14.4. The minimum absolute atomic E-state index is 0.592. The number of piperidine rings is 1. The molecule has 2 N–H and O–H groups in total. The van der Waals surface area contributed by atoms with Gasteiger partial charge in [-0.25, -0.2) is 0 Å². The highest BCUT2D eigenvalue weighted by Crippen LogP contribution is 2.41. The van der Waals surface area contributed by atoms with Crippen LogP contribution in [-0.2, 0) is 0 Å². The molecule has 3 nitrogen and oxygen atoms in total. The maximum Gasteiger partial charge on any atom is 0.0396 e. The number of rotatable bonds is 3. The van der Waals surface area contributed by atoms with E-state index in [-0.39, 0.29) is 0 Å². The van der Waals surface area contributed by atoms with Crippen LogP contribution in [0.2, 0.25) is 0 Å². The standard InChI is InChI=1S/C16H24BrN3/c1-13-10-14(17)2-3-15(13)20-7-4-16(5-8-20)11-19(12-16)9-6-18/h2-3,10H,4-9,11-12,18H2,1H3. The summed E-state index contributed by atoms with van der Waals surface area (Å²) in [6, 6.07) is 6.62. The number of nitrogens with zero attached hydrogens (tertiary/aromatic N) is 2. The summed E-state index contributed by atoms with van der Waals surface area (Å²) in [5.74, 6) is 0. The number of anilines is 1. The highest BCUT2D eigenvalue weighted by Gasteiger charge is 2.44. The molecule has 2 heterocycles. The molecule has 3 rings (SSSR count). The van der Waals surface area contributed by atoms with Crippen LogP contribution in [0.25, 0.3) is 0 Å². The van der Waals surface area contributed by atoms with E-state index in [1.807, 2.05) is 0 Å². The molecule has 1 aromatic carbocycles. The normalized spacial score (nSPS) is 22.1. The highest BCUT2D eigenvalue weighted by molar-refractivity contribution is 9.10. The van der Waals surface area contributed by atoms with Gasteiger partial charge in [-0.15, -0.1) is 0 Å². The van der Waals surface area contributed by atoms with Gasteiger partial charge < -0.3 is 15.5 Å². The largest absolute Gasteiger partial charge is 0.371 e. The van der Waals surface area contributed by atoms with Crippen molar-refractivity contribution in [2.24, 2.45) is 11.1 Å². The van der Waals surface area contributed by atoms with Gasteiger partial charge in [0.15, 0.2) is 0 Å². The first-order valence-corrected chi connectivity index (χ1v) is 8.35. The van der Waals surface area contributed by atoms with E-state index in [2.05, 4.69) is 50.9 Å². The molecule has 2 saturated heterocycles. The van der Waals surface area contributed by atoms with E-state index in [4.69, 9.17) is 5.73 Å². The highest BCUT2D eigenvalue weighted by atomic mass is 79.9. The quantitative estimate of drug-likeness (QED) is 0.920. The molecule has 1 aromatic rings. The third-order valence-corrected chi connectivity index (χ3v) is 5.38. The Kier molecular flexibility index (Phi) is 4.07. The Balaban J connectivity index is 1.59. The molecule has 1 spiro atoms. The first-order chi connectivity index (χ1) is 9.62. The van der Waals surface area contributed by atoms with Gasteiger partial charge in [0.1, 0.15) is 0 Å². The monoisotopic (exact) mass is 337 g/mol. The van der Waals surface area contributed by atoms with Crippen molar-refractivity contribution in [2.75, 3.05) is 44.2 Å². The predicted octanol–water partition coefficient (Wildman–Crippen LogP) is 2.62. The summed E-state index contributed by atoms with van der Waals surface area (Å²) in [5, 5.41) is 0. The van der Waals surface area contributed by atoms with Gasteiger partial charge in [-0.05, 0) is 48.9 Å². The summed E-state index contributed by atoms with van der Waals surface area (Å²) in [7, 11) is 0. The van der Waals surface area contributed by atoms with Gasteiger partial charge in [-0.1, -0.05) is 15.9 Å². The predicted molar refractivity (Wildman–Crippen MR) is 88.3 cm³/mol. The Morgan fingerprint density at radius 3 is 2.55 bits per heavy atom. The Labute approximate surface area is 130 Å². The van der Waals surface area contributed by atoms with Crippen LogP contribution >= 0.6 is 15.9 Å². The third kappa shape index (κ3) is 2.74. The number of likely N-dealkylation sites (tertiary alicyclic amines) is 1. The van der Waals surface area contributed by atoms with Crippen LogP contribution in [0.4, 0.5) is 5.69 Å². The average molecular weight is 338 g/mol. The van der Waals surface area contributed by atoms with Crippen LogP contribution in [0.5, 0.6) is 0 Å². The summed E-state index contributed by atoms with van der Waals surface area (Å²) in [6.45, 7) is 8.97. The van der Waals surface area contributed by atoms with Crippen LogP contribution in [-0.4, -0.2) is 44.2 Å². The fourth-order valence-electron chi connectivity index (χ4n) is 3.75. The van der Waals surface area contributed by atoms with Gasteiger partial charge >= 0.3 is 0 Å². The zero-order chi connectivity index (χ0) is 14.2. The number of aryl methyl sites for hydroxylation is 1. The zero-order valence-corrected chi connectivity index (χ0v) is 13.8. The van der Waals surface area contributed by atoms with E-state index >= 15 is 0 Å². The maximum absolute atomic E-state index is 5.63. The lowest BCUT2D eigenvalue weighted by Gasteiger charge is -2.54. The van der Waals surface area contributed by atoms with Gasteiger partial charge in [0, 0.05) is 49.4 Å². The molecular weight excluding hydrogens is 314 g/mol. The molecule has 0 aliphatic carbocycles. The van der Waals surface area contributed by atoms with E-state index in [0.717, 1.165) is 13.1 Å². The lowest BCUT2D eigenvalue weighted by atomic mass is 9.72. The van der Waals surface area contributed by atoms with Gasteiger partial charge in [0.2, 0.25) is 0 Å². The van der Waals surface area contributed by atoms with E-state index in [0.29, 0.717) is 5.41 Å². The number of benzene rings is 1. The minimum atomic E-state index is 0.592. The maximum atomic E-state index is 5.63. The molecule has 0 saturated carbocycles. The Hall–Kier alpha value is -0.580. The van der Waals surface area contributed by atoms with E-state index in [1.165, 1.54) is 54.7 Å². The molecule has 0 radical (unpaired) electrons. The smallest absolute Gasteiger partial charge is 0.0396 e. The van der Waals surface area contributed by atoms with Crippen molar-refractivity contribution < 1.29 is 0 Å². The molecule has 110 valence electrons. The Morgan fingerprint density at radius 1 is 1.25 bits per heavy atom. The molecular formula is C16H24BrN3. The number of hydrogen-bond donors (Lipinski definition) is 1. The van der Waals surface area contributed by atoms with Crippen molar-refractivity contribution in [1.82, 2.24) is 4.90 Å². The second-order valence-electron chi connectivity index (χ2n) is 6.42. The Morgan fingerprint density at radius 2 is 1.95 bits per heavy atom. The molecule has 20 heavy (non-hydrogen) atoms. The van der Waals surface area contributed by atoms with E-state index < -0.39 is 0 Å². The summed E-state index contributed by atoms with van der Waals surface area (Å²) < 4.78 is 1.17. The van der Waals surface area contributed by atoms with Crippen LogP contribution in [0.1, 0.15) is 18.4 Å². The second-order valence-corrected chi connectivity index (χ2v) is 7.33. The third-order valence-electron chi connectivity index (χ3n) is 4.89. The van der Waals surface area contributed by atoms with Gasteiger partial charge in [-0.3, -0.25) is 0 Å². The first-order valence-electron chi connectivity index (χ1n) is 7.55.